The molecular formula is C13H20O. The smallest absolute Gasteiger partial charge is 0.142 e. The van der Waals surface area contributed by atoms with Gasteiger partial charge in [-0.1, -0.05) is 33.3 Å². The van der Waals surface area contributed by atoms with Gasteiger partial charge in [-0.3, -0.25) is 4.79 Å². The van der Waals surface area contributed by atoms with Gasteiger partial charge in [0, 0.05) is 0 Å². The highest BCUT2D eigenvalue weighted by atomic mass is 16.1. The van der Waals surface area contributed by atoms with Crippen LogP contribution in [0.25, 0.3) is 0 Å². The number of allylic oxidation sites excluding steroid dienone is 2. The molecule has 0 aromatic heterocycles. The van der Waals surface area contributed by atoms with Crippen LogP contribution in [-0.2, 0) is 4.79 Å². The van der Waals surface area contributed by atoms with Gasteiger partial charge in [-0.2, -0.15) is 0 Å². The Balaban J connectivity index is 2.32. The van der Waals surface area contributed by atoms with Crippen molar-refractivity contribution in [2.45, 2.75) is 46.5 Å². The summed E-state index contributed by atoms with van der Waals surface area (Å²) in [6, 6.07) is 0. The van der Waals surface area contributed by atoms with Gasteiger partial charge in [0.15, 0.2) is 0 Å². The van der Waals surface area contributed by atoms with Gasteiger partial charge in [0.1, 0.15) is 6.29 Å². The number of carbonyl (C=O) groups excluding carboxylic acids is 1. The molecule has 1 heteroatoms. The van der Waals surface area contributed by atoms with Gasteiger partial charge in [0.25, 0.3) is 0 Å². The van der Waals surface area contributed by atoms with Crippen molar-refractivity contribution >= 4 is 6.29 Å². The van der Waals surface area contributed by atoms with Crippen molar-refractivity contribution in [3.63, 3.8) is 0 Å². The van der Waals surface area contributed by atoms with E-state index in [1.165, 1.54) is 25.7 Å². The van der Waals surface area contributed by atoms with Crippen LogP contribution in [0.4, 0.5) is 0 Å². The minimum Gasteiger partial charge on any atom is -0.299 e. The second-order valence-corrected chi connectivity index (χ2v) is 5.94. The number of rotatable bonds is 2. The minimum absolute atomic E-state index is 0.319. The molecule has 2 atom stereocenters. The molecule has 0 bridgehead atoms. The standard InChI is InChI=1S/C13H20O/c1-11(2)6-4-7-12(3)10-13(11,12)8-5-9-14/h5,8-9H,4,6-7,10H2,1-3H3/b8-5+/t12-,13+/m1/s1. The summed E-state index contributed by atoms with van der Waals surface area (Å²) in [6.07, 6.45) is 10.1. The molecule has 0 amide bonds. The Bertz CT molecular complexity index is 290. The SMILES string of the molecule is CC1(C)CCC[C@]2(C)C[C@@]12/C=C/C=O. The van der Waals surface area contributed by atoms with Crippen molar-refractivity contribution in [1.82, 2.24) is 0 Å². The second-order valence-electron chi connectivity index (χ2n) is 5.94. The molecule has 0 N–H and O–H groups in total. The van der Waals surface area contributed by atoms with E-state index in [1.54, 1.807) is 6.08 Å². The van der Waals surface area contributed by atoms with Crippen LogP contribution in [0.3, 0.4) is 0 Å². The molecule has 0 heterocycles. The first-order valence-corrected chi connectivity index (χ1v) is 5.61. The van der Waals surface area contributed by atoms with E-state index in [0.29, 0.717) is 16.2 Å². The van der Waals surface area contributed by atoms with Crippen LogP contribution in [0.1, 0.15) is 46.5 Å². The minimum atomic E-state index is 0.319. The van der Waals surface area contributed by atoms with Gasteiger partial charge in [0.2, 0.25) is 0 Å². The summed E-state index contributed by atoms with van der Waals surface area (Å²) in [5, 5.41) is 0. The van der Waals surface area contributed by atoms with E-state index in [1.807, 2.05) is 0 Å². The normalized spacial score (nSPS) is 44.8. The zero-order chi connectivity index (χ0) is 10.4. The first-order chi connectivity index (χ1) is 6.47. The zero-order valence-corrected chi connectivity index (χ0v) is 9.47. The summed E-state index contributed by atoms with van der Waals surface area (Å²) in [5.41, 5.74) is 1.17. The molecule has 0 unspecified atom stereocenters. The van der Waals surface area contributed by atoms with E-state index >= 15 is 0 Å². The number of carbonyl (C=O) groups is 1. The predicted octanol–water partition coefficient (Wildman–Crippen LogP) is 3.35. The van der Waals surface area contributed by atoms with E-state index in [0.717, 1.165) is 6.29 Å². The average Bonchev–Trinajstić information content (AvgIpc) is 2.70. The summed E-state index contributed by atoms with van der Waals surface area (Å²) in [4.78, 5) is 10.4. The molecule has 2 saturated carbocycles. The fourth-order valence-electron chi connectivity index (χ4n) is 3.77. The molecule has 0 radical (unpaired) electrons. The van der Waals surface area contributed by atoms with Gasteiger partial charge in [-0.05, 0) is 41.6 Å². The van der Waals surface area contributed by atoms with E-state index < -0.39 is 0 Å². The van der Waals surface area contributed by atoms with E-state index in [-0.39, 0.29) is 0 Å². The third-order valence-electron chi connectivity index (χ3n) is 4.82. The third-order valence-corrected chi connectivity index (χ3v) is 4.82. The Kier molecular flexibility index (Phi) is 1.93. The molecular weight excluding hydrogens is 172 g/mol. The molecule has 2 aliphatic carbocycles. The molecule has 0 spiro atoms. The fourth-order valence-corrected chi connectivity index (χ4v) is 3.77. The van der Waals surface area contributed by atoms with Crippen molar-refractivity contribution in [2.75, 3.05) is 0 Å². The van der Waals surface area contributed by atoms with Gasteiger partial charge in [-0.25, -0.2) is 0 Å². The summed E-state index contributed by atoms with van der Waals surface area (Å²) in [6.45, 7) is 7.09. The second kappa shape index (κ2) is 2.71. The highest BCUT2D eigenvalue weighted by Crippen LogP contribution is 2.78. The number of hydrogen-bond donors (Lipinski definition) is 0. The molecule has 0 saturated heterocycles. The lowest BCUT2D eigenvalue weighted by molar-refractivity contribution is -0.104. The van der Waals surface area contributed by atoms with Gasteiger partial charge < -0.3 is 0 Å². The maximum absolute atomic E-state index is 10.4. The average molecular weight is 192 g/mol. The number of fused-ring (bicyclic) bond motifs is 1. The van der Waals surface area contributed by atoms with Crippen LogP contribution in [0.15, 0.2) is 12.2 Å². The number of aldehydes is 1. The largest absolute Gasteiger partial charge is 0.299 e. The topological polar surface area (TPSA) is 17.1 Å². The third kappa shape index (κ3) is 1.04. The van der Waals surface area contributed by atoms with E-state index in [2.05, 4.69) is 26.8 Å². The molecule has 78 valence electrons. The Labute approximate surface area is 86.6 Å². The zero-order valence-electron chi connectivity index (χ0n) is 9.47. The molecule has 14 heavy (non-hydrogen) atoms. The first-order valence-electron chi connectivity index (χ1n) is 5.61. The Morgan fingerprint density at radius 2 is 1.86 bits per heavy atom. The predicted molar refractivity (Wildman–Crippen MR) is 58.0 cm³/mol. The van der Waals surface area contributed by atoms with Crippen LogP contribution in [0.2, 0.25) is 0 Å². The van der Waals surface area contributed by atoms with Crippen molar-refractivity contribution in [2.24, 2.45) is 16.2 Å². The van der Waals surface area contributed by atoms with Crippen molar-refractivity contribution < 1.29 is 4.79 Å². The summed E-state index contributed by atoms with van der Waals surface area (Å²) in [7, 11) is 0. The lowest BCUT2D eigenvalue weighted by Gasteiger charge is -2.41. The van der Waals surface area contributed by atoms with Crippen molar-refractivity contribution in [3.05, 3.63) is 12.2 Å². The van der Waals surface area contributed by atoms with Crippen LogP contribution in [-0.4, -0.2) is 6.29 Å². The summed E-state index contributed by atoms with van der Waals surface area (Å²) < 4.78 is 0. The monoisotopic (exact) mass is 192 g/mol. The van der Waals surface area contributed by atoms with Crippen LogP contribution < -0.4 is 0 Å². The Hall–Kier alpha value is -0.590. The summed E-state index contributed by atoms with van der Waals surface area (Å²) >= 11 is 0. The first kappa shape index (κ1) is 9.95. The maximum atomic E-state index is 10.4. The fraction of sp³-hybridized carbons (Fsp3) is 0.769. The van der Waals surface area contributed by atoms with Crippen LogP contribution in [0, 0.1) is 16.2 Å². The number of hydrogen-bond acceptors (Lipinski definition) is 1. The van der Waals surface area contributed by atoms with Gasteiger partial charge >= 0.3 is 0 Å². The molecule has 0 aromatic carbocycles. The Morgan fingerprint density at radius 1 is 1.14 bits per heavy atom. The molecule has 2 rings (SSSR count). The highest BCUT2D eigenvalue weighted by Gasteiger charge is 2.69. The van der Waals surface area contributed by atoms with Crippen molar-refractivity contribution in [3.8, 4) is 0 Å². The van der Waals surface area contributed by atoms with E-state index in [9.17, 15) is 4.79 Å². The van der Waals surface area contributed by atoms with Crippen molar-refractivity contribution in [1.29, 1.82) is 0 Å². The van der Waals surface area contributed by atoms with Gasteiger partial charge in [-0.15, -0.1) is 0 Å². The molecule has 2 fully saturated rings. The lowest BCUT2D eigenvalue weighted by Crippen LogP contribution is -2.32. The Morgan fingerprint density at radius 3 is 2.43 bits per heavy atom. The highest BCUT2D eigenvalue weighted by molar-refractivity contribution is 5.65. The quantitative estimate of drug-likeness (QED) is 0.484. The molecule has 0 aliphatic heterocycles. The van der Waals surface area contributed by atoms with Crippen LogP contribution >= 0.6 is 0 Å². The van der Waals surface area contributed by atoms with E-state index in [4.69, 9.17) is 0 Å². The lowest BCUT2D eigenvalue weighted by atomic mass is 9.63. The molecule has 1 nitrogen and oxygen atoms in total. The molecule has 2 aliphatic rings. The van der Waals surface area contributed by atoms with Gasteiger partial charge in [0.05, 0.1) is 0 Å². The maximum Gasteiger partial charge on any atom is 0.142 e. The van der Waals surface area contributed by atoms with Crippen LogP contribution in [0.5, 0.6) is 0 Å². The molecule has 0 aromatic rings. The summed E-state index contributed by atoms with van der Waals surface area (Å²) in [5.74, 6) is 0.